The van der Waals surface area contributed by atoms with Crippen molar-refractivity contribution in [3.05, 3.63) is 5.82 Å². The summed E-state index contributed by atoms with van der Waals surface area (Å²) in [4.78, 5) is 0. The molecular weight excluding hydrogens is 306 g/mol. The van der Waals surface area contributed by atoms with Crippen LogP contribution in [0.5, 0.6) is 0 Å². The number of tetrazole rings is 1. The third-order valence-electron chi connectivity index (χ3n) is 4.38. The molecule has 0 spiro atoms. The van der Waals surface area contributed by atoms with E-state index in [4.69, 9.17) is 29.4 Å². The van der Waals surface area contributed by atoms with E-state index in [0.29, 0.717) is 12.4 Å². The molecule has 3 fully saturated rings. The fourth-order valence-electron chi connectivity index (χ4n) is 3.43. The van der Waals surface area contributed by atoms with Crippen molar-refractivity contribution in [2.75, 3.05) is 6.61 Å². The first kappa shape index (κ1) is 15.4. The zero-order valence-corrected chi connectivity index (χ0v) is 13.5. The first-order chi connectivity index (χ1) is 10.7. The van der Waals surface area contributed by atoms with Gasteiger partial charge in [0.15, 0.2) is 23.7 Å². The summed E-state index contributed by atoms with van der Waals surface area (Å²) in [6.45, 7) is 7.63. The van der Waals surface area contributed by atoms with E-state index >= 15 is 0 Å². The lowest BCUT2D eigenvalue weighted by atomic mass is 9.85. The maximum atomic E-state index is 6.69. The Balaban J connectivity index is 1.70. The topological polar surface area (TPSA) is 127 Å². The zero-order valence-electron chi connectivity index (χ0n) is 13.5. The Hall–Kier alpha value is -1.17. The molecule has 5 atom stereocenters. The van der Waals surface area contributed by atoms with Crippen LogP contribution in [0.3, 0.4) is 0 Å². The molecule has 3 aliphatic rings. The van der Waals surface area contributed by atoms with Crippen LogP contribution < -0.4 is 5.73 Å². The zero-order chi connectivity index (χ0) is 16.5. The molecule has 0 saturated carbocycles. The molecule has 3 aliphatic heterocycles. The van der Waals surface area contributed by atoms with E-state index in [0.717, 1.165) is 0 Å². The molecule has 0 radical (unpaired) electrons. The molecule has 0 unspecified atom stereocenters. The van der Waals surface area contributed by atoms with Gasteiger partial charge in [0.1, 0.15) is 23.9 Å². The van der Waals surface area contributed by atoms with Gasteiger partial charge in [-0.1, -0.05) is 5.21 Å². The molecule has 10 heteroatoms. The van der Waals surface area contributed by atoms with Crippen molar-refractivity contribution in [2.24, 2.45) is 5.73 Å². The Labute approximate surface area is 132 Å². The van der Waals surface area contributed by atoms with Crippen molar-refractivity contribution in [3.8, 4) is 0 Å². The second kappa shape index (κ2) is 4.68. The van der Waals surface area contributed by atoms with Crippen LogP contribution in [0.1, 0.15) is 33.5 Å². The van der Waals surface area contributed by atoms with Crippen LogP contribution in [0.4, 0.5) is 0 Å². The normalized spacial score (nSPS) is 44.6. The molecule has 4 rings (SSSR count). The lowest BCUT2D eigenvalue weighted by molar-refractivity contribution is -0.230. The van der Waals surface area contributed by atoms with Crippen molar-refractivity contribution in [1.29, 1.82) is 0 Å². The maximum Gasteiger partial charge on any atom is 0.199 e. The number of nitrogens with zero attached hydrogens (tertiary/aromatic N) is 3. The minimum absolute atomic E-state index is 0.296. The number of nitrogens with one attached hydrogen (secondary N) is 1. The smallest absolute Gasteiger partial charge is 0.199 e. The third kappa shape index (κ3) is 2.29. The van der Waals surface area contributed by atoms with Crippen molar-refractivity contribution < 1.29 is 23.7 Å². The summed E-state index contributed by atoms with van der Waals surface area (Å²) in [7, 11) is 0. The average molecular weight is 327 g/mol. The SMILES string of the molecule is CC1(C)OC[C@@H]([C@H]2O[C@@H]3OC(C)(C)O[C@@H]3[C@@]2(N)c2nn[nH]n2)O1. The number of nitrogens with two attached hydrogens (primary N) is 1. The van der Waals surface area contributed by atoms with Gasteiger partial charge in [0.2, 0.25) is 0 Å². The molecule has 0 aliphatic carbocycles. The summed E-state index contributed by atoms with van der Waals surface area (Å²) in [5.41, 5.74) is 5.53. The van der Waals surface area contributed by atoms with Crippen LogP contribution in [0, 0.1) is 0 Å². The highest BCUT2D eigenvalue weighted by molar-refractivity contribution is 5.19. The van der Waals surface area contributed by atoms with Crippen LogP contribution in [0.2, 0.25) is 0 Å². The third-order valence-corrected chi connectivity index (χ3v) is 4.38. The van der Waals surface area contributed by atoms with Gasteiger partial charge in [-0.3, -0.25) is 0 Å². The van der Waals surface area contributed by atoms with E-state index in [2.05, 4.69) is 20.6 Å². The Kier molecular flexibility index (Phi) is 3.13. The molecule has 4 heterocycles. The predicted octanol–water partition coefficient (Wildman–Crippen LogP) is -0.618. The Morgan fingerprint density at radius 1 is 1.09 bits per heavy atom. The minimum atomic E-state index is -1.17. The summed E-state index contributed by atoms with van der Waals surface area (Å²) < 4.78 is 29.4. The van der Waals surface area contributed by atoms with Crippen LogP contribution in [0.25, 0.3) is 0 Å². The van der Waals surface area contributed by atoms with Gasteiger partial charge in [-0.2, -0.15) is 5.21 Å². The summed E-state index contributed by atoms with van der Waals surface area (Å²) in [5.74, 6) is -1.21. The number of rotatable bonds is 2. The van der Waals surface area contributed by atoms with Gasteiger partial charge in [-0.05, 0) is 27.7 Å². The minimum Gasteiger partial charge on any atom is -0.348 e. The molecule has 1 aromatic rings. The summed E-state index contributed by atoms with van der Waals surface area (Å²) >= 11 is 0. The molecule has 128 valence electrons. The van der Waals surface area contributed by atoms with Crippen molar-refractivity contribution in [1.82, 2.24) is 20.6 Å². The van der Waals surface area contributed by atoms with E-state index < -0.39 is 41.7 Å². The molecule has 0 bridgehead atoms. The Morgan fingerprint density at radius 3 is 2.48 bits per heavy atom. The first-order valence-electron chi connectivity index (χ1n) is 7.57. The highest BCUT2D eigenvalue weighted by atomic mass is 16.8. The van der Waals surface area contributed by atoms with E-state index in [9.17, 15) is 0 Å². The lowest BCUT2D eigenvalue weighted by Gasteiger charge is -2.34. The van der Waals surface area contributed by atoms with Crippen LogP contribution >= 0.6 is 0 Å². The summed E-state index contributed by atoms with van der Waals surface area (Å²) in [6.07, 6.45) is -2.19. The molecule has 10 nitrogen and oxygen atoms in total. The fourth-order valence-corrected chi connectivity index (χ4v) is 3.43. The largest absolute Gasteiger partial charge is 0.348 e. The van der Waals surface area contributed by atoms with E-state index in [1.165, 1.54) is 0 Å². The summed E-state index contributed by atoms with van der Waals surface area (Å²) in [6, 6.07) is 0. The fraction of sp³-hybridized carbons (Fsp3) is 0.923. The molecule has 0 amide bonds. The van der Waals surface area contributed by atoms with E-state index in [1.54, 1.807) is 13.8 Å². The molecule has 0 aromatic carbocycles. The standard InChI is InChI=1S/C13H21N5O5/c1-11(2)19-5-6(21-11)7-13(14,10-15-17-18-16-10)8-9(20-7)23-12(3,4)22-8/h6-9H,5,14H2,1-4H3,(H,15,16,17,18)/t6-,7+,8-,9+,13+/m0/s1. The highest BCUT2D eigenvalue weighted by Gasteiger charge is 2.67. The van der Waals surface area contributed by atoms with Gasteiger partial charge in [0.05, 0.1) is 6.61 Å². The van der Waals surface area contributed by atoms with Crippen LogP contribution in [-0.4, -0.2) is 63.4 Å². The van der Waals surface area contributed by atoms with E-state index in [1.807, 2.05) is 13.8 Å². The second-order valence-electron chi connectivity index (χ2n) is 7.02. The van der Waals surface area contributed by atoms with Crippen molar-refractivity contribution in [3.63, 3.8) is 0 Å². The predicted molar refractivity (Wildman–Crippen MR) is 73.6 cm³/mol. The average Bonchev–Trinajstić information content (AvgIpc) is 3.16. The van der Waals surface area contributed by atoms with Crippen LogP contribution in [-0.2, 0) is 29.2 Å². The highest BCUT2D eigenvalue weighted by Crippen LogP contribution is 2.48. The Morgan fingerprint density at radius 2 is 1.87 bits per heavy atom. The number of hydrogen-bond donors (Lipinski definition) is 2. The maximum absolute atomic E-state index is 6.69. The Bertz CT molecular complexity index is 594. The number of H-pyrrole nitrogens is 1. The molecule has 3 saturated heterocycles. The van der Waals surface area contributed by atoms with Gasteiger partial charge in [0.25, 0.3) is 0 Å². The monoisotopic (exact) mass is 327 g/mol. The van der Waals surface area contributed by atoms with Gasteiger partial charge in [-0.25, -0.2) is 0 Å². The number of fused-ring (bicyclic) bond motifs is 1. The quantitative estimate of drug-likeness (QED) is 0.730. The molecule has 3 N–H and O–H groups in total. The summed E-state index contributed by atoms with van der Waals surface area (Å²) in [5, 5.41) is 14.1. The van der Waals surface area contributed by atoms with E-state index in [-0.39, 0.29) is 0 Å². The number of ether oxygens (including phenoxy) is 5. The van der Waals surface area contributed by atoms with Gasteiger partial charge in [0, 0.05) is 0 Å². The first-order valence-corrected chi connectivity index (χ1v) is 7.57. The number of aromatic amines is 1. The number of aromatic nitrogens is 4. The number of hydrogen-bond acceptors (Lipinski definition) is 9. The van der Waals surface area contributed by atoms with Gasteiger partial charge in [-0.15, -0.1) is 10.2 Å². The van der Waals surface area contributed by atoms with Crippen LogP contribution in [0.15, 0.2) is 0 Å². The molecule has 23 heavy (non-hydrogen) atoms. The lowest BCUT2D eigenvalue weighted by Crippen LogP contribution is -2.58. The molecule has 1 aromatic heterocycles. The van der Waals surface area contributed by atoms with Gasteiger partial charge < -0.3 is 29.4 Å². The van der Waals surface area contributed by atoms with Crippen molar-refractivity contribution >= 4 is 0 Å². The molecular formula is C13H21N5O5. The second-order valence-corrected chi connectivity index (χ2v) is 7.02. The van der Waals surface area contributed by atoms with Gasteiger partial charge >= 0.3 is 0 Å². The van der Waals surface area contributed by atoms with Crippen molar-refractivity contribution in [2.45, 2.75) is 69.4 Å².